The van der Waals surface area contributed by atoms with Crippen LogP contribution in [0.25, 0.3) is 11.1 Å². The molecule has 0 amide bonds. The Balaban J connectivity index is 1.87. The van der Waals surface area contributed by atoms with E-state index >= 15 is 0 Å². The van der Waals surface area contributed by atoms with Crippen LogP contribution in [0, 0.1) is 13.8 Å². The summed E-state index contributed by atoms with van der Waals surface area (Å²) in [4.78, 5) is 0.920. The molecular weight excluding hydrogens is 340 g/mol. The Bertz CT molecular complexity index is 885. The van der Waals surface area contributed by atoms with Gasteiger partial charge in [0.2, 0.25) is 0 Å². The highest BCUT2D eigenvalue weighted by atomic mass is 32.1. The maximum Gasteiger partial charge on any atom is 0.130 e. The van der Waals surface area contributed by atoms with E-state index in [2.05, 4.69) is 63.7 Å². The Kier molecular flexibility index (Phi) is 5.89. The summed E-state index contributed by atoms with van der Waals surface area (Å²) in [5.74, 6) is 2.62. The van der Waals surface area contributed by atoms with Gasteiger partial charge in [-0.1, -0.05) is 25.1 Å². The lowest BCUT2D eigenvalue weighted by molar-refractivity contribution is 0.315. The molecule has 0 radical (unpaired) electrons. The first-order valence-corrected chi connectivity index (χ1v) is 9.33. The number of hydrogen-bond acceptors (Lipinski definition) is 3. The molecule has 0 unspecified atom stereocenters. The van der Waals surface area contributed by atoms with E-state index in [-0.39, 0.29) is 0 Å². The summed E-state index contributed by atoms with van der Waals surface area (Å²) in [6.07, 6.45) is 1.01. The third-order valence-electron chi connectivity index (χ3n) is 4.22. The van der Waals surface area contributed by atoms with Crippen LogP contribution in [0.5, 0.6) is 17.2 Å². The number of benzene rings is 3. The van der Waals surface area contributed by atoms with Crippen LogP contribution in [0.3, 0.4) is 0 Å². The summed E-state index contributed by atoms with van der Waals surface area (Å²) in [6, 6.07) is 20.3. The van der Waals surface area contributed by atoms with Gasteiger partial charge in [0.25, 0.3) is 0 Å². The molecule has 0 aromatic heterocycles. The second-order valence-corrected chi connectivity index (χ2v) is 6.92. The van der Waals surface area contributed by atoms with E-state index in [1.54, 1.807) is 0 Å². The molecular formula is C23H24O2S. The lowest BCUT2D eigenvalue weighted by atomic mass is 10.0. The molecule has 0 saturated heterocycles. The maximum absolute atomic E-state index is 6.07. The van der Waals surface area contributed by atoms with Gasteiger partial charge in [0.15, 0.2) is 0 Å². The maximum atomic E-state index is 6.07. The molecule has 3 heteroatoms. The quantitative estimate of drug-likeness (QED) is 0.483. The zero-order chi connectivity index (χ0) is 18.5. The molecule has 0 N–H and O–H groups in total. The van der Waals surface area contributed by atoms with Gasteiger partial charge in [0, 0.05) is 4.90 Å². The molecule has 0 aliphatic carbocycles. The molecule has 0 aliphatic rings. The van der Waals surface area contributed by atoms with Crippen molar-refractivity contribution < 1.29 is 9.47 Å². The van der Waals surface area contributed by atoms with Crippen molar-refractivity contribution in [1.29, 1.82) is 0 Å². The largest absolute Gasteiger partial charge is 0.493 e. The van der Waals surface area contributed by atoms with Gasteiger partial charge < -0.3 is 9.47 Å². The van der Waals surface area contributed by atoms with Gasteiger partial charge >= 0.3 is 0 Å². The summed E-state index contributed by atoms with van der Waals surface area (Å²) in [5.41, 5.74) is 4.52. The Morgan fingerprint density at radius 1 is 0.769 bits per heavy atom. The SMILES string of the molecule is CCCOc1ccc(-c2ccc(C)c(Oc3ccc(S)cc3)c2)cc1C. The van der Waals surface area contributed by atoms with Gasteiger partial charge in [-0.15, -0.1) is 12.6 Å². The summed E-state index contributed by atoms with van der Waals surface area (Å²) >= 11 is 4.32. The average molecular weight is 365 g/mol. The van der Waals surface area contributed by atoms with E-state index in [4.69, 9.17) is 9.47 Å². The molecule has 0 atom stereocenters. The van der Waals surface area contributed by atoms with Crippen LogP contribution in [0.4, 0.5) is 0 Å². The molecule has 2 nitrogen and oxygen atoms in total. The molecule has 0 saturated carbocycles. The molecule has 0 spiro atoms. The van der Waals surface area contributed by atoms with E-state index in [9.17, 15) is 0 Å². The topological polar surface area (TPSA) is 18.5 Å². The zero-order valence-corrected chi connectivity index (χ0v) is 16.3. The Labute approximate surface area is 161 Å². The zero-order valence-electron chi connectivity index (χ0n) is 15.5. The average Bonchev–Trinajstić information content (AvgIpc) is 2.64. The van der Waals surface area contributed by atoms with E-state index in [1.807, 2.05) is 30.3 Å². The standard InChI is InChI=1S/C23H24O2S/c1-4-13-24-22-12-7-18(14-17(22)3)19-6-5-16(2)23(15-19)25-20-8-10-21(26)11-9-20/h5-12,14-15,26H,4,13H2,1-3H3. The Morgan fingerprint density at radius 3 is 2.15 bits per heavy atom. The summed E-state index contributed by atoms with van der Waals surface area (Å²) in [5, 5.41) is 0. The Morgan fingerprint density at radius 2 is 1.46 bits per heavy atom. The minimum Gasteiger partial charge on any atom is -0.493 e. The van der Waals surface area contributed by atoms with E-state index < -0.39 is 0 Å². The summed E-state index contributed by atoms with van der Waals surface area (Å²) < 4.78 is 11.9. The van der Waals surface area contributed by atoms with Gasteiger partial charge in [-0.05, 0) is 85.0 Å². The molecule has 3 aromatic rings. The third kappa shape index (κ3) is 4.41. The Hall–Kier alpha value is -2.39. The lowest BCUT2D eigenvalue weighted by Gasteiger charge is -2.13. The smallest absolute Gasteiger partial charge is 0.130 e. The number of ether oxygens (including phenoxy) is 2. The lowest BCUT2D eigenvalue weighted by Crippen LogP contribution is -1.97. The summed E-state index contributed by atoms with van der Waals surface area (Å²) in [6.45, 7) is 6.99. The van der Waals surface area contributed by atoms with Crippen LogP contribution in [-0.4, -0.2) is 6.61 Å². The van der Waals surface area contributed by atoms with Gasteiger partial charge in [0.1, 0.15) is 17.2 Å². The minimum absolute atomic E-state index is 0.744. The van der Waals surface area contributed by atoms with Crippen LogP contribution in [0.1, 0.15) is 24.5 Å². The fraction of sp³-hybridized carbons (Fsp3) is 0.217. The van der Waals surface area contributed by atoms with Crippen molar-refractivity contribution in [2.75, 3.05) is 6.61 Å². The van der Waals surface area contributed by atoms with Crippen LogP contribution in [-0.2, 0) is 0 Å². The second-order valence-electron chi connectivity index (χ2n) is 6.40. The van der Waals surface area contributed by atoms with E-state index in [0.29, 0.717) is 0 Å². The van der Waals surface area contributed by atoms with Crippen molar-refractivity contribution in [3.8, 4) is 28.4 Å². The first kappa shape index (κ1) is 18.4. The minimum atomic E-state index is 0.744. The summed E-state index contributed by atoms with van der Waals surface area (Å²) in [7, 11) is 0. The molecule has 0 heterocycles. The van der Waals surface area contributed by atoms with Crippen LogP contribution >= 0.6 is 12.6 Å². The predicted octanol–water partition coefficient (Wildman–Crippen LogP) is 6.84. The highest BCUT2D eigenvalue weighted by Crippen LogP contribution is 2.32. The van der Waals surface area contributed by atoms with Gasteiger partial charge in [-0.2, -0.15) is 0 Å². The van der Waals surface area contributed by atoms with Crippen molar-refractivity contribution in [3.63, 3.8) is 0 Å². The number of aryl methyl sites for hydroxylation is 2. The van der Waals surface area contributed by atoms with E-state index in [1.165, 1.54) is 0 Å². The van der Waals surface area contributed by atoms with Crippen molar-refractivity contribution in [1.82, 2.24) is 0 Å². The number of hydrogen-bond donors (Lipinski definition) is 1. The molecule has 0 bridgehead atoms. The van der Waals surface area contributed by atoms with Crippen molar-refractivity contribution in [2.45, 2.75) is 32.1 Å². The highest BCUT2D eigenvalue weighted by molar-refractivity contribution is 7.80. The number of rotatable bonds is 6. The first-order chi connectivity index (χ1) is 12.6. The predicted molar refractivity (Wildman–Crippen MR) is 111 cm³/mol. The van der Waals surface area contributed by atoms with Crippen LogP contribution in [0.15, 0.2) is 65.6 Å². The third-order valence-corrected chi connectivity index (χ3v) is 4.52. The highest BCUT2D eigenvalue weighted by Gasteiger charge is 2.07. The fourth-order valence-electron chi connectivity index (χ4n) is 2.73. The first-order valence-electron chi connectivity index (χ1n) is 8.88. The molecule has 3 aromatic carbocycles. The number of thiol groups is 1. The van der Waals surface area contributed by atoms with Gasteiger partial charge in [0.05, 0.1) is 6.61 Å². The van der Waals surface area contributed by atoms with E-state index in [0.717, 1.165) is 57.4 Å². The van der Waals surface area contributed by atoms with Crippen LogP contribution < -0.4 is 9.47 Å². The molecule has 0 fully saturated rings. The van der Waals surface area contributed by atoms with Gasteiger partial charge in [-0.3, -0.25) is 0 Å². The van der Waals surface area contributed by atoms with Crippen molar-refractivity contribution >= 4 is 12.6 Å². The monoisotopic (exact) mass is 364 g/mol. The molecule has 26 heavy (non-hydrogen) atoms. The molecule has 134 valence electrons. The normalized spacial score (nSPS) is 10.6. The van der Waals surface area contributed by atoms with Gasteiger partial charge in [-0.25, -0.2) is 0 Å². The molecule has 3 rings (SSSR count). The van der Waals surface area contributed by atoms with Crippen LogP contribution in [0.2, 0.25) is 0 Å². The second kappa shape index (κ2) is 8.33. The molecule has 0 aliphatic heterocycles. The van der Waals surface area contributed by atoms with Crippen molar-refractivity contribution in [2.24, 2.45) is 0 Å². The van der Waals surface area contributed by atoms with Crippen molar-refractivity contribution in [3.05, 3.63) is 71.8 Å². The fourth-order valence-corrected chi connectivity index (χ4v) is 2.88.